The van der Waals surface area contributed by atoms with Gasteiger partial charge < -0.3 is 26.0 Å². The molecular formula is C20H35F3N2O5. The zero-order valence-electron chi connectivity index (χ0n) is 17.9. The van der Waals surface area contributed by atoms with Gasteiger partial charge in [-0.05, 0) is 43.4 Å². The summed E-state index contributed by atoms with van der Waals surface area (Å²) in [7, 11) is 1.74. The Balaban J connectivity index is 0.00000103. The Morgan fingerprint density at radius 3 is 2.40 bits per heavy atom. The summed E-state index contributed by atoms with van der Waals surface area (Å²) < 4.78 is 43.3. The summed E-state index contributed by atoms with van der Waals surface area (Å²) >= 11 is 0. The number of rotatable bonds is 10. The third kappa shape index (κ3) is 9.90. The monoisotopic (exact) mass is 440 g/mol. The van der Waals surface area contributed by atoms with Crippen LogP contribution in [0.1, 0.15) is 52.4 Å². The summed E-state index contributed by atoms with van der Waals surface area (Å²) in [6.45, 7) is 5.13. The van der Waals surface area contributed by atoms with Gasteiger partial charge >= 0.3 is 12.1 Å². The van der Waals surface area contributed by atoms with Gasteiger partial charge in [-0.2, -0.15) is 13.2 Å². The van der Waals surface area contributed by atoms with Gasteiger partial charge in [-0.15, -0.1) is 0 Å². The number of carbonyl (C=O) groups excluding carboxylic acids is 1. The Morgan fingerprint density at radius 1 is 1.37 bits per heavy atom. The molecule has 1 saturated heterocycles. The van der Waals surface area contributed by atoms with Crippen molar-refractivity contribution in [3.05, 3.63) is 11.8 Å². The number of carboxylic acids is 1. The summed E-state index contributed by atoms with van der Waals surface area (Å²) in [5.74, 6) is -2.43. The Bertz CT molecular complexity index is 555. The molecule has 30 heavy (non-hydrogen) atoms. The first-order chi connectivity index (χ1) is 14.0. The predicted octanol–water partition coefficient (Wildman–Crippen LogP) is 3.02. The van der Waals surface area contributed by atoms with Crippen LogP contribution in [0.15, 0.2) is 11.8 Å². The largest absolute Gasteiger partial charge is 0.490 e. The van der Waals surface area contributed by atoms with E-state index in [0.29, 0.717) is 18.9 Å². The second-order valence-corrected chi connectivity index (χ2v) is 7.35. The summed E-state index contributed by atoms with van der Waals surface area (Å²) in [5, 5.41) is 7.12. The fraction of sp³-hybridized carbons (Fsp3) is 0.800. The molecule has 7 nitrogen and oxygen atoms in total. The zero-order chi connectivity index (χ0) is 23.3. The molecule has 1 aliphatic rings. The molecular weight excluding hydrogens is 405 g/mol. The first-order valence-electron chi connectivity index (χ1n) is 10.1. The van der Waals surface area contributed by atoms with E-state index in [9.17, 15) is 18.0 Å². The highest BCUT2D eigenvalue weighted by Gasteiger charge is 2.38. The second kappa shape index (κ2) is 14.4. The van der Waals surface area contributed by atoms with Crippen LogP contribution in [0, 0.1) is 11.8 Å². The van der Waals surface area contributed by atoms with E-state index in [4.69, 9.17) is 30.8 Å². The molecule has 1 heterocycles. The smallest absolute Gasteiger partial charge is 0.475 e. The molecule has 4 atom stereocenters. The van der Waals surface area contributed by atoms with Gasteiger partial charge in [0.05, 0.1) is 18.8 Å². The van der Waals surface area contributed by atoms with Crippen molar-refractivity contribution in [1.29, 1.82) is 0 Å². The average Bonchev–Trinajstić information content (AvgIpc) is 2.72. The lowest BCUT2D eigenvalue weighted by atomic mass is 9.82. The van der Waals surface area contributed by atoms with Gasteiger partial charge in [0.25, 0.3) is 0 Å². The van der Waals surface area contributed by atoms with Crippen molar-refractivity contribution >= 4 is 11.8 Å². The van der Waals surface area contributed by atoms with Gasteiger partial charge in [-0.1, -0.05) is 26.7 Å². The summed E-state index contributed by atoms with van der Waals surface area (Å²) in [4.78, 5) is 21.0. The number of unbranched alkanes of at least 4 members (excludes halogenated alkanes) is 1. The van der Waals surface area contributed by atoms with Crippen LogP contribution >= 0.6 is 0 Å². The number of ketones is 1. The molecule has 0 aliphatic carbocycles. The van der Waals surface area contributed by atoms with Crippen molar-refractivity contribution in [3.8, 4) is 0 Å². The molecule has 0 radical (unpaired) electrons. The van der Waals surface area contributed by atoms with Crippen LogP contribution in [0.4, 0.5) is 13.2 Å². The van der Waals surface area contributed by atoms with Crippen molar-refractivity contribution in [2.75, 3.05) is 20.3 Å². The van der Waals surface area contributed by atoms with Crippen LogP contribution in [0.25, 0.3) is 0 Å². The van der Waals surface area contributed by atoms with Crippen LogP contribution < -0.4 is 11.5 Å². The van der Waals surface area contributed by atoms with Crippen molar-refractivity contribution in [1.82, 2.24) is 0 Å². The minimum absolute atomic E-state index is 0.0575. The Labute approximate surface area is 176 Å². The van der Waals surface area contributed by atoms with Crippen molar-refractivity contribution < 1.29 is 37.3 Å². The normalized spacial score (nSPS) is 21.9. The van der Waals surface area contributed by atoms with E-state index in [1.54, 1.807) is 13.3 Å². The molecule has 0 unspecified atom stereocenters. The molecule has 1 fully saturated rings. The van der Waals surface area contributed by atoms with E-state index in [1.165, 1.54) is 12.8 Å². The maximum absolute atomic E-state index is 12.1. The van der Waals surface area contributed by atoms with Crippen LogP contribution in [-0.4, -0.2) is 55.5 Å². The van der Waals surface area contributed by atoms with E-state index in [0.717, 1.165) is 24.8 Å². The lowest BCUT2D eigenvalue weighted by Gasteiger charge is -2.34. The van der Waals surface area contributed by atoms with E-state index < -0.39 is 12.1 Å². The van der Waals surface area contributed by atoms with Gasteiger partial charge in [0, 0.05) is 19.6 Å². The molecule has 0 aromatic carbocycles. The number of nitrogens with two attached hydrogens (primary N) is 2. The number of hydrogen-bond acceptors (Lipinski definition) is 6. The highest BCUT2D eigenvalue weighted by molar-refractivity contribution is 5.83. The van der Waals surface area contributed by atoms with Crippen molar-refractivity contribution in [2.45, 2.75) is 70.8 Å². The number of Topliss-reactive ketones (excluding diaryl/α,β-unsaturated/α-hetero) is 1. The number of carbonyl (C=O) groups is 2. The molecule has 1 rings (SSSR count). The van der Waals surface area contributed by atoms with E-state index in [-0.39, 0.29) is 30.5 Å². The van der Waals surface area contributed by atoms with Gasteiger partial charge in [0.15, 0.2) is 5.78 Å². The maximum atomic E-state index is 12.1. The molecule has 5 N–H and O–H groups in total. The first kappa shape index (κ1) is 28.4. The maximum Gasteiger partial charge on any atom is 0.490 e. The predicted molar refractivity (Wildman–Crippen MR) is 107 cm³/mol. The molecule has 10 heteroatoms. The molecule has 1 aliphatic heterocycles. The second-order valence-electron chi connectivity index (χ2n) is 7.35. The number of methoxy groups -OCH3 is 1. The zero-order valence-corrected chi connectivity index (χ0v) is 17.9. The Morgan fingerprint density at radius 2 is 1.97 bits per heavy atom. The third-order valence-electron chi connectivity index (χ3n) is 5.15. The molecule has 0 spiro atoms. The Kier molecular flexibility index (Phi) is 13.6. The number of halogens is 3. The number of hydrogen-bond donors (Lipinski definition) is 3. The quantitative estimate of drug-likeness (QED) is 0.477. The van der Waals surface area contributed by atoms with E-state index in [2.05, 4.69) is 13.8 Å². The van der Waals surface area contributed by atoms with Gasteiger partial charge in [-0.3, -0.25) is 4.79 Å². The number of ether oxygens (including phenoxy) is 2. The SMILES string of the molecule is CCCC[C@H](C)[C@H](C/C(=C\N)[C@H]1OCCC[C@H]1C(=O)CN)OC.O=C(O)C(F)(F)F. The number of alkyl halides is 3. The standard InChI is InChI=1S/C18H34N2O3.C2HF3O2/c1-4-5-7-13(2)17(22-3)10-14(11-19)18-15(16(21)12-20)8-6-9-23-18;3-2(4,5)1(6)7/h11,13,15,17-18H,4-10,12,19-20H2,1-3H3;(H,6,7)/b14-11+;/t13-,15-,17-,18+;/m0./s1. The Hall–Kier alpha value is -1.65. The average molecular weight is 441 g/mol. The molecule has 176 valence electrons. The summed E-state index contributed by atoms with van der Waals surface area (Å²) in [6, 6.07) is 0. The van der Waals surface area contributed by atoms with Crippen LogP contribution in [-0.2, 0) is 19.1 Å². The molecule has 0 aromatic heterocycles. The molecule has 0 bridgehead atoms. The molecule has 0 amide bonds. The highest BCUT2D eigenvalue weighted by atomic mass is 19.4. The van der Waals surface area contributed by atoms with Crippen LogP contribution in [0.5, 0.6) is 0 Å². The topological polar surface area (TPSA) is 125 Å². The molecule has 0 aromatic rings. The lowest BCUT2D eigenvalue weighted by molar-refractivity contribution is -0.192. The number of aliphatic carboxylic acids is 1. The van der Waals surface area contributed by atoms with E-state index >= 15 is 0 Å². The summed E-state index contributed by atoms with van der Waals surface area (Å²) in [6.07, 6.45) is 2.28. The van der Waals surface area contributed by atoms with Crippen LogP contribution in [0.3, 0.4) is 0 Å². The lowest BCUT2D eigenvalue weighted by Crippen LogP contribution is -2.40. The fourth-order valence-electron chi connectivity index (χ4n) is 3.37. The number of carboxylic acid groups (broad SMARTS) is 1. The highest BCUT2D eigenvalue weighted by Crippen LogP contribution is 2.31. The van der Waals surface area contributed by atoms with Gasteiger partial charge in [0.1, 0.15) is 0 Å². The van der Waals surface area contributed by atoms with E-state index in [1.807, 2.05) is 0 Å². The summed E-state index contributed by atoms with van der Waals surface area (Å²) in [5.41, 5.74) is 12.4. The minimum atomic E-state index is -5.08. The minimum Gasteiger partial charge on any atom is -0.475 e. The van der Waals surface area contributed by atoms with Gasteiger partial charge in [0.2, 0.25) is 0 Å². The van der Waals surface area contributed by atoms with Crippen LogP contribution in [0.2, 0.25) is 0 Å². The van der Waals surface area contributed by atoms with Gasteiger partial charge in [-0.25, -0.2) is 4.79 Å². The first-order valence-corrected chi connectivity index (χ1v) is 10.1. The van der Waals surface area contributed by atoms with Crippen molar-refractivity contribution in [3.63, 3.8) is 0 Å². The third-order valence-corrected chi connectivity index (χ3v) is 5.15. The fourth-order valence-corrected chi connectivity index (χ4v) is 3.37. The van der Waals surface area contributed by atoms with Crippen molar-refractivity contribution in [2.24, 2.45) is 23.3 Å². The molecule has 0 saturated carbocycles.